The predicted octanol–water partition coefficient (Wildman–Crippen LogP) is 4.77. The zero-order valence-corrected chi connectivity index (χ0v) is 23.1. The summed E-state index contributed by atoms with van der Waals surface area (Å²) in [6.45, 7) is 12.5. The number of amides is 1. The first-order chi connectivity index (χ1) is 18.9. The molecule has 1 atom stereocenters. The summed E-state index contributed by atoms with van der Waals surface area (Å²) in [4.78, 5) is 31.7. The lowest BCUT2D eigenvalue weighted by Gasteiger charge is -2.35. The normalized spacial score (nSPS) is 17.0. The molecule has 3 aromatic rings. The Morgan fingerprint density at radius 1 is 1.13 bits per heavy atom. The van der Waals surface area contributed by atoms with E-state index in [1.54, 1.807) is 12.3 Å². The number of rotatable bonds is 9. The van der Waals surface area contributed by atoms with Gasteiger partial charge in [0.05, 0.1) is 0 Å². The van der Waals surface area contributed by atoms with Gasteiger partial charge in [0.25, 0.3) is 5.91 Å². The number of benzene rings is 1. The molecular formula is C30H38N8O. The van der Waals surface area contributed by atoms with Crippen LogP contribution in [0, 0.1) is 6.92 Å². The second kappa shape index (κ2) is 11.8. The highest BCUT2D eigenvalue weighted by atomic mass is 16.1. The third-order valence-electron chi connectivity index (χ3n) is 7.64. The lowest BCUT2D eigenvalue weighted by atomic mass is 10.0. The zero-order valence-electron chi connectivity index (χ0n) is 23.1. The Morgan fingerprint density at radius 2 is 1.95 bits per heavy atom. The van der Waals surface area contributed by atoms with Gasteiger partial charge in [-0.05, 0) is 68.6 Å². The van der Waals surface area contributed by atoms with E-state index in [9.17, 15) is 4.79 Å². The van der Waals surface area contributed by atoms with E-state index in [-0.39, 0.29) is 5.91 Å². The molecule has 9 heteroatoms. The van der Waals surface area contributed by atoms with Gasteiger partial charge < -0.3 is 25.8 Å². The van der Waals surface area contributed by atoms with Crippen molar-refractivity contribution in [3.05, 3.63) is 71.6 Å². The van der Waals surface area contributed by atoms with Gasteiger partial charge in [-0.3, -0.25) is 4.79 Å². The third-order valence-corrected chi connectivity index (χ3v) is 7.64. The molecule has 9 nitrogen and oxygen atoms in total. The van der Waals surface area contributed by atoms with E-state index >= 15 is 0 Å². The second-order valence-corrected chi connectivity index (χ2v) is 10.4. The number of hydrogen-bond acceptors (Lipinski definition) is 8. The summed E-state index contributed by atoms with van der Waals surface area (Å²) < 4.78 is 0. The molecule has 0 bridgehead atoms. The topological polar surface area (TPSA) is 98.3 Å². The van der Waals surface area contributed by atoms with E-state index in [1.165, 1.54) is 16.8 Å². The Balaban J connectivity index is 1.39. The van der Waals surface area contributed by atoms with Crippen molar-refractivity contribution in [3.8, 4) is 0 Å². The molecule has 2 aromatic heterocycles. The van der Waals surface area contributed by atoms with Crippen molar-refractivity contribution >= 4 is 34.9 Å². The molecule has 1 unspecified atom stereocenters. The summed E-state index contributed by atoms with van der Waals surface area (Å²) in [7, 11) is 2.16. The number of nitrogens with one attached hydrogen (secondary N) is 3. The van der Waals surface area contributed by atoms with Crippen molar-refractivity contribution < 1.29 is 4.79 Å². The lowest BCUT2D eigenvalue weighted by Crippen LogP contribution is -2.44. The number of fused-ring (bicyclic) bond motifs is 1. The van der Waals surface area contributed by atoms with Crippen LogP contribution in [0.2, 0.25) is 0 Å². The van der Waals surface area contributed by atoms with Gasteiger partial charge in [0.2, 0.25) is 5.95 Å². The minimum absolute atomic E-state index is 0.274. The molecular weight excluding hydrogens is 488 g/mol. The Labute approximate surface area is 230 Å². The Morgan fingerprint density at radius 3 is 2.69 bits per heavy atom. The molecule has 0 spiro atoms. The van der Waals surface area contributed by atoms with E-state index < -0.39 is 0 Å². The fraction of sp³-hybridized carbons (Fsp3) is 0.400. The molecule has 3 heterocycles. The highest BCUT2D eigenvalue weighted by Gasteiger charge is 2.23. The van der Waals surface area contributed by atoms with E-state index in [0.29, 0.717) is 35.6 Å². The Hall–Kier alpha value is -3.98. The fourth-order valence-corrected chi connectivity index (χ4v) is 5.35. The average molecular weight is 527 g/mol. The Bertz CT molecular complexity index is 1350. The van der Waals surface area contributed by atoms with Gasteiger partial charge in [0, 0.05) is 61.9 Å². The summed E-state index contributed by atoms with van der Waals surface area (Å²) in [6, 6.07) is 10.4. The predicted molar refractivity (Wildman–Crippen MR) is 158 cm³/mol. The van der Waals surface area contributed by atoms with Crippen molar-refractivity contribution in [2.75, 3.05) is 55.3 Å². The summed E-state index contributed by atoms with van der Waals surface area (Å²) in [5.74, 6) is 1.67. The maximum atomic E-state index is 12.9. The SMILES string of the molecule is C=CCNC(=O)c1cnc(Nc2ccc(N3CCN(C)CC3)c(C)c2)nc1Nc1ccc2c(n1)C(CC)CC2. The summed E-state index contributed by atoms with van der Waals surface area (Å²) in [6.07, 6.45) is 6.44. The second-order valence-electron chi connectivity index (χ2n) is 10.4. The van der Waals surface area contributed by atoms with Crippen LogP contribution in [0.1, 0.15) is 52.9 Å². The average Bonchev–Trinajstić information content (AvgIpc) is 3.35. The smallest absolute Gasteiger partial charge is 0.256 e. The van der Waals surface area contributed by atoms with Crippen LogP contribution in [-0.2, 0) is 6.42 Å². The summed E-state index contributed by atoms with van der Waals surface area (Å²) >= 11 is 0. The standard InChI is InChI=1S/C30H38N8O/c1-5-13-31-29(39)24-19-32-30(33-23-10-11-25(20(3)18-23)38-16-14-37(4)15-17-38)36-28(24)35-26-12-9-22-8-7-21(6-2)27(22)34-26/h5,9-12,18-19,21H,1,6-8,13-17H2,2-4H3,(H,31,39)(H2,32,33,34,35,36). The van der Waals surface area contributed by atoms with Gasteiger partial charge in [-0.1, -0.05) is 19.1 Å². The highest BCUT2D eigenvalue weighted by Crippen LogP contribution is 2.35. The maximum absolute atomic E-state index is 12.9. The molecule has 1 amide bonds. The first-order valence-corrected chi connectivity index (χ1v) is 13.8. The molecule has 1 fully saturated rings. The van der Waals surface area contributed by atoms with Crippen LogP contribution in [0.3, 0.4) is 0 Å². The molecule has 3 N–H and O–H groups in total. The number of aromatic nitrogens is 3. The first-order valence-electron chi connectivity index (χ1n) is 13.8. The molecule has 2 aliphatic rings. The van der Waals surface area contributed by atoms with E-state index in [4.69, 9.17) is 9.97 Å². The van der Waals surface area contributed by atoms with Crippen molar-refractivity contribution in [1.82, 2.24) is 25.2 Å². The van der Waals surface area contributed by atoms with Crippen LogP contribution < -0.4 is 20.9 Å². The molecule has 1 saturated heterocycles. The van der Waals surface area contributed by atoms with E-state index in [2.05, 4.69) is 82.5 Å². The van der Waals surface area contributed by atoms with E-state index in [1.807, 2.05) is 6.07 Å². The van der Waals surface area contributed by atoms with Crippen LogP contribution in [0.25, 0.3) is 0 Å². The van der Waals surface area contributed by atoms with Crippen molar-refractivity contribution in [2.24, 2.45) is 0 Å². The van der Waals surface area contributed by atoms with Crippen molar-refractivity contribution in [2.45, 2.75) is 39.0 Å². The van der Waals surface area contributed by atoms with Crippen LogP contribution in [0.15, 0.2) is 49.2 Å². The number of carbonyl (C=O) groups excluding carboxylic acids is 1. The Kier molecular flexibility index (Phi) is 8.07. The number of hydrogen-bond donors (Lipinski definition) is 3. The number of anilines is 5. The third kappa shape index (κ3) is 6.04. The van der Waals surface area contributed by atoms with Gasteiger partial charge in [-0.15, -0.1) is 6.58 Å². The molecule has 1 aromatic carbocycles. The molecule has 0 radical (unpaired) electrons. The first kappa shape index (κ1) is 26.6. The molecule has 1 aliphatic carbocycles. The molecule has 5 rings (SSSR count). The minimum atomic E-state index is -0.274. The number of likely N-dealkylation sites (N-methyl/N-ethyl adjacent to an activating group) is 1. The lowest BCUT2D eigenvalue weighted by molar-refractivity contribution is 0.0958. The van der Waals surface area contributed by atoms with Crippen LogP contribution in [0.4, 0.5) is 29.0 Å². The number of carbonyl (C=O) groups is 1. The van der Waals surface area contributed by atoms with Gasteiger partial charge >= 0.3 is 0 Å². The van der Waals surface area contributed by atoms with Crippen molar-refractivity contribution in [3.63, 3.8) is 0 Å². The monoisotopic (exact) mass is 526 g/mol. The van der Waals surface area contributed by atoms with Gasteiger partial charge in [-0.25, -0.2) is 9.97 Å². The van der Waals surface area contributed by atoms with Crippen LogP contribution in [0.5, 0.6) is 0 Å². The fourth-order valence-electron chi connectivity index (χ4n) is 5.35. The van der Waals surface area contributed by atoms with Crippen molar-refractivity contribution in [1.29, 1.82) is 0 Å². The molecule has 1 aliphatic heterocycles. The zero-order chi connectivity index (χ0) is 27.4. The van der Waals surface area contributed by atoms with Crippen LogP contribution in [-0.4, -0.2) is 65.5 Å². The number of aryl methyl sites for hydroxylation is 2. The maximum Gasteiger partial charge on any atom is 0.256 e. The molecule has 0 saturated carbocycles. The summed E-state index contributed by atoms with van der Waals surface area (Å²) in [5.41, 5.74) is 6.12. The number of nitrogens with zero attached hydrogens (tertiary/aromatic N) is 5. The number of pyridine rings is 1. The number of piperazine rings is 1. The van der Waals surface area contributed by atoms with Gasteiger partial charge in [0.15, 0.2) is 0 Å². The molecule has 39 heavy (non-hydrogen) atoms. The van der Waals surface area contributed by atoms with Gasteiger partial charge in [-0.2, -0.15) is 4.98 Å². The minimum Gasteiger partial charge on any atom is -0.369 e. The van der Waals surface area contributed by atoms with E-state index in [0.717, 1.165) is 56.8 Å². The highest BCUT2D eigenvalue weighted by molar-refractivity contribution is 5.99. The van der Waals surface area contributed by atoms with Gasteiger partial charge in [0.1, 0.15) is 17.2 Å². The summed E-state index contributed by atoms with van der Waals surface area (Å²) in [5, 5.41) is 9.44. The largest absolute Gasteiger partial charge is 0.369 e. The van der Waals surface area contributed by atoms with Crippen LogP contribution >= 0.6 is 0 Å². The quantitative estimate of drug-likeness (QED) is 0.343. The molecule has 204 valence electrons.